The first-order chi connectivity index (χ1) is 15.7. The Morgan fingerprint density at radius 1 is 1.15 bits per heavy atom. The number of carbonyl (C=O) groups excluding carboxylic acids is 1. The fourth-order valence-electron chi connectivity index (χ4n) is 4.03. The minimum absolute atomic E-state index is 0.104. The van der Waals surface area contributed by atoms with Crippen LogP contribution in [-0.2, 0) is 16.6 Å². The van der Waals surface area contributed by atoms with Crippen LogP contribution in [0.3, 0.4) is 0 Å². The fourth-order valence-corrected chi connectivity index (χ4v) is 4.89. The van der Waals surface area contributed by atoms with Crippen LogP contribution in [0, 0.1) is 12.7 Å². The molecule has 0 unspecified atom stereocenters. The Bertz CT molecular complexity index is 1170. The van der Waals surface area contributed by atoms with E-state index in [1.165, 1.54) is 34.3 Å². The summed E-state index contributed by atoms with van der Waals surface area (Å²) >= 11 is 0. The predicted octanol–water partition coefficient (Wildman–Crippen LogP) is 3.11. The number of hydrogen-bond donors (Lipinski definition) is 1. The first-order valence-corrected chi connectivity index (χ1v) is 12.1. The number of alkyl halides is 2. The second-order valence-electron chi connectivity index (χ2n) is 8.87. The van der Waals surface area contributed by atoms with Crippen LogP contribution in [0.4, 0.5) is 18.0 Å². The highest BCUT2D eigenvalue weighted by atomic mass is 32.2. The van der Waals surface area contributed by atoms with Crippen LogP contribution >= 0.6 is 0 Å². The largest absolute Gasteiger partial charge is 0.331 e. The zero-order chi connectivity index (χ0) is 25.4. The van der Waals surface area contributed by atoms with E-state index in [0.29, 0.717) is 11.1 Å². The van der Waals surface area contributed by atoms with Crippen LogP contribution < -0.4 is 4.72 Å². The van der Waals surface area contributed by atoms with Gasteiger partial charge in [-0.15, -0.1) is 0 Å². The van der Waals surface area contributed by atoms with Gasteiger partial charge in [0.25, 0.3) is 16.1 Å². The van der Waals surface area contributed by atoms with Crippen molar-refractivity contribution in [2.45, 2.75) is 31.4 Å². The van der Waals surface area contributed by atoms with Crippen molar-refractivity contribution in [3.05, 3.63) is 59.4 Å². The summed E-state index contributed by atoms with van der Waals surface area (Å²) < 4.78 is 73.3. The van der Waals surface area contributed by atoms with Gasteiger partial charge in [0.1, 0.15) is 11.9 Å². The lowest BCUT2D eigenvalue weighted by atomic mass is 9.95. The highest BCUT2D eigenvalue weighted by Gasteiger charge is 2.57. The summed E-state index contributed by atoms with van der Waals surface area (Å²) in [5.41, 5.74) is 1.95. The average molecular weight is 499 g/mol. The van der Waals surface area contributed by atoms with Gasteiger partial charge in [0, 0.05) is 33.8 Å². The Balaban J connectivity index is 2.06. The van der Waals surface area contributed by atoms with Crippen molar-refractivity contribution in [1.29, 1.82) is 0 Å². The molecular formula is C23H29F3N4O3S. The maximum absolute atomic E-state index is 15.6. The molecule has 2 atom stereocenters. The van der Waals surface area contributed by atoms with E-state index in [4.69, 9.17) is 0 Å². The minimum atomic E-state index is -4.26. The third-order valence-corrected chi connectivity index (χ3v) is 7.36. The first kappa shape index (κ1) is 26.0. The lowest BCUT2D eigenvalue weighted by Crippen LogP contribution is -2.55. The first-order valence-electron chi connectivity index (χ1n) is 10.6. The lowest BCUT2D eigenvalue weighted by Gasteiger charge is -2.31. The molecule has 34 heavy (non-hydrogen) atoms. The molecule has 0 saturated carbocycles. The summed E-state index contributed by atoms with van der Waals surface area (Å²) in [7, 11) is 0.979. The summed E-state index contributed by atoms with van der Waals surface area (Å²) in [5, 5.41) is 0. The zero-order valence-electron chi connectivity index (χ0n) is 19.7. The number of carbonyl (C=O) groups is 1. The molecule has 1 N–H and O–H groups in total. The Hall–Kier alpha value is -2.63. The molecule has 1 aliphatic rings. The summed E-state index contributed by atoms with van der Waals surface area (Å²) in [4.78, 5) is 14.8. The number of hydrogen-bond acceptors (Lipinski definition) is 3. The van der Waals surface area contributed by atoms with Crippen LogP contribution in [0.15, 0.2) is 42.5 Å². The number of nitrogens with one attached hydrogen (secondary N) is 1. The third-order valence-electron chi connectivity index (χ3n) is 5.84. The molecular weight excluding hydrogens is 469 g/mol. The molecule has 3 rings (SSSR count). The van der Waals surface area contributed by atoms with E-state index in [9.17, 15) is 13.2 Å². The fraction of sp³-hybridized carbons (Fsp3) is 0.435. The van der Waals surface area contributed by atoms with Crippen molar-refractivity contribution in [3.63, 3.8) is 0 Å². The zero-order valence-corrected chi connectivity index (χ0v) is 20.5. The molecule has 11 heteroatoms. The maximum atomic E-state index is 15.6. The van der Waals surface area contributed by atoms with Crippen LogP contribution in [0.1, 0.15) is 11.1 Å². The molecule has 1 heterocycles. The van der Waals surface area contributed by atoms with Crippen LogP contribution in [0.25, 0.3) is 11.1 Å². The van der Waals surface area contributed by atoms with Crippen molar-refractivity contribution < 1.29 is 26.4 Å². The highest BCUT2D eigenvalue weighted by molar-refractivity contribution is 7.87. The van der Waals surface area contributed by atoms with E-state index in [0.717, 1.165) is 19.7 Å². The van der Waals surface area contributed by atoms with Gasteiger partial charge in [-0.2, -0.15) is 17.4 Å². The lowest BCUT2D eigenvalue weighted by molar-refractivity contribution is -0.00530. The molecule has 2 aromatic carbocycles. The Labute approximate surface area is 198 Å². The molecule has 0 radical (unpaired) electrons. The van der Waals surface area contributed by atoms with E-state index in [1.807, 2.05) is 23.8 Å². The Kier molecular flexibility index (Phi) is 7.30. The number of benzene rings is 2. The van der Waals surface area contributed by atoms with Gasteiger partial charge in [-0.3, -0.25) is 0 Å². The molecule has 0 aliphatic carbocycles. The van der Waals surface area contributed by atoms with Gasteiger partial charge < -0.3 is 9.80 Å². The van der Waals surface area contributed by atoms with Gasteiger partial charge in [-0.1, -0.05) is 48.0 Å². The monoisotopic (exact) mass is 498 g/mol. The van der Waals surface area contributed by atoms with Gasteiger partial charge in [0.15, 0.2) is 0 Å². The van der Waals surface area contributed by atoms with Gasteiger partial charge in [-0.25, -0.2) is 18.0 Å². The van der Waals surface area contributed by atoms with Crippen molar-refractivity contribution in [1.82, 2.24) is 18.8 Å². The normalized spacial score (nSPS) is 20.1. The number of rotatable bonds is 6. The van der Waals surface area contributed by atoms with Crippen LogP contribution in [0.5, 0.6) is 0 Å². The number of aryl methyl sites for hydroxylation is 1. The quantitative estimate of drug-likeness (QED) is 0.665. The van der Waals surface area contributed by atoms with E-state index in [2.05, 4.69) is 0 Å². The molecule has 2 amide bonds. The van der Waals surface area contributed by atoms with E-state index in [1.54, 1.807) is 24.3 Å². The Morgan fingerprint density at radius 2 is 1.79 bits per heavy atom. The molecule has 0 spiro atoms. The summed E-state index contributed by atoms with van der Waals surface area (Å²) in [6, 6.07) is 7.90. The van der Waals surface area contributed by atoms with Gasteiger partial charge in [-0.05, 0) is 24.5 Å². The maximum Gasteiger partial charge on any atom is 0.320 e. The van der Waals surface area contributed by atoms with Crippen LogP contribution in [-0.4, -0.2) is 81.3 Å². The summed E-state index contributed by atoms with van der Waals surface area (Å²) in [5.74, 6) is -4.17. The molecule has 1 fully saturated rings. The number of urea groups is 1. The summed E-state index contributed by atoms with van der Waals surface area (Å²) in [6.45, 7) is 0.881. The number of nitrogens with zero attached hydrogens (tertiary/aromatic N) is 3. The predicted molar refractivity (Wildman–Crippen MR) is 124 cm³/mol. The number of likely N-dealkylation sites (tertiary alicyclic amines) is 1. The molecule has 1 saturated heterocycles. The molecule has 0 aromatic heterocycles. The van der Waals surface area contributed by atoms with Crippen molar-refractivity contribution in [2.75, 3.05) is 34.7 Å². The standard InChI is InChI=1S/C23H29F3N4O3S/c1-15-8-6-9-16(12-15)18-11-7-10-17(20(18)24)13-19-21(27-34(32,33)29(4)5)23(25,26)14-30(19)22(31)28(2)3/h6-12,19,21,27H,13-14H2,1-5H3/t19-,21+/m0/s1. The van der Waals surface area contributed by atoms with Gasteiger partial charge >= 0.3 is 6.03 Å². The van der Waals surface area contributed by atoms with Gasteiger partial charge in [0.05, 0.1) is 12.6 Å². The molecule has 7 nitrogen and oxygen atoms in total. The Morgan fingerprint density at radius 3 is 2.38 bits per heavy atom. The van der Waals surface area contributed by atoms with E-state index < -0.39 is 46.6 Å². The minimum Gasteiger partial charge on any atom is -0.331 e. The second-order valence-corrected chi connectivity index (χ2v) is 10.8. The topological polar surface area (TPSA) is 73.0 Å². The molecule has 186 valence electrons. The molecule has 1 aliphatic heterocycles. The van der Waals surface area contributed by atoms with Crippen molar-refractivity contribution >= 4 is 16.2 Å². The third kappa shape index (κ3) is 5.21. The average Bonchev–Trinajstić information content (AvgIpc) is 2.98. The SMILES string of the molecule is Cc1cccc(-c2cccc(C[C@H]3[C@@H](NS(=O)(=O)N(C)C)C(F)(F)CN3C(=O)N(C)C)c2F)c1. The molecule has 2 aromatic rings. The summed E-state index contributed by atoms with van der Waals surface area (Å²) in [6.07, 6.45) is -0.304. The van der Waals surface area contributed by atoms with Crippen molar-refractivity contribution in [3.8, 4) is 11.1 Å². The number of amides is 2. The van der Waals surface area contributed by atoms with Crippen molar-refractivity contribution in [2.24, 2.45) is 0 Å². The van der Waals surface area contributed by atoms with E-state index >= 15 is 13.2 Å². The second kappa shape index (κ2) is 9.55. The number of halogens is 3. The van der Waals surface area contributed by atoms with Crippen LogP contribution in [0.2, 0.25) is 0 Å². The van der Waals surface area contributed by atoms with E-state index in [-0.39, 0.29) is 12.0 Å². The smallest absolute Gasteiger partial charge is 0.320 e. The van der Waals surface area contributed by atoms with Gasteiger partial charge in [0.2, 0.25) is 0 Å². The molecule has 0 bridgehead atoms. The highest BCUT2D eigenvalue weighted by Crippen LogP contribution is 2.36.